The first-order valence-corrected chi connectivity index (χ1v) is 20.7. The van der Waals surface area contributed by atoms with Crippen molar-refractivity contribution in [1.82, 2.24) is 39.6 Å². The van der Waals surface area contributed by atoms with Crippen LogP contribution in [0.2, 0.25) is 0 Å². The maximum Gasteiger partial charge on any atom is 0.334 e. The number of likely N-dealkylation sites (N-methyl/N-ethyl adjacent to an activating group) is 2. The number of amides is 5. The Morgan fingerprint density at radius 2 is 1.63 bits per heavy atom. The average molecular weight is 813 g/mol. The maximum absolute atomic E-state index is 14.7. The number of nitrogens with zero attached hydrogens (tertiary/aromatic N) is 8. The van der Waals surface area contributed by atoms with Crippen LogP contribution in [-0.4, -0.2) is 128 Å². The van der Waals surface area contributed by atoms with Crippen LogP contribution in [0.15, 0.2) is 97.3 Å². The van der Waals surface area contributed by atoms with Crippen LogP contribution in [-0.2, 0) is 36.1 Å². The second-order valence-corrected chi connectivity index (χ2v) is 15.6. The van der Waals surface area contributed by atoms with E-state index in [9.17, 15) is 24.3 Å². The summed E-state index contributed by atoms with van der Waals surface area (Å²) in [7, 11) is 1.88. The third kappa shape index (κ3) is 8.23. The molecule has 60 heavy (non-hydrogen) atoms. The van der Waals surface area contributed by atoms with Crippen molar-refractivity contribution in [3.05, 3.63) is 120 Å². The molecule has 3 N–H and O–H groups in total. The number of para-hydroxylation sites is 1. The average Bonchev–Trinajstić information content (AvgIpc) is 3.62. The van der Waals surface area contributed by atoms with E-state index in [1.165, 1.54) is 0 Å². The number of hydrazine groups is 1. The lowest BCUT2D eigenvalue weighted by molar-refractivity contribution is -0.190. The zero-order valence-corrected chi connectivity index (χ0v) is 34.3. The lowest BCUT2D eigenvalue weighted by Gasteiger charge is -2.55. The summed E-state index contributed by atoms with van der Waals surface area (Å²) in [6.07, 6.45) is 2.88. The number of carbonyl (C=O) groups excluding carboxylic acids is 4. The Morgan fingerprint density at radius 3 is 2.33 bits per heavy atom. The fourth-order valence-corrected chi connectivity index (χ4v) is 8.72. The number of rotatable bonds is 11. The van der Waals surface area contributed by atoms with E-state index in [0.29, 0.717) is 17.8 Å². The molecule has 8 rings (SSSR count). The molecular weight excluding hydrogens is 761 g/mol. The molecule has 3 saturated heterocycles. The molecule has 2 aromatic heterocycles. The number of phenolic OH excluding ortho intramolecular Hbond substituents is 1. The Kier molecular flexibility index (Phi) is 11.7. The smallest absolute Gasteiger partial charge is 0.334 e. The second kappa shape index (κ2) is 17.4. The van der Waals surface area contributed by atoms with Crippen molar-refractivity contribution in [2.45, 2.75) is 45.6 Å². The lowest BCUT2D eigenvalue weighted by Crippen LogP contribution is -2.76. The molecule has 0 aliphatic carbocycles. The summed E-state index contributed by atoms with van der Waals surface area (Å²) in [5.41, 5.74) is 4.36. The van der Waals surface area contributed by atoms with E-state index >= 15 is 0 Å². The first kappa shape index (κ1) is 40.3. The summed E-state index contributed by atoms with van der Waals surface area (Å²) in [5, 5.41) is 20.1. The minimum atomic E-state index is -0.917. The normalized spacial score (nSPS) is 18.9. The molecule has 0 radical (unpaired) electrons. The van der Waals surface area contributed by atoms with Gasteiger partial charge < -0.3 is 39.9 Å². The Hall–Kier alpha value is -6.45. The van der Waals surface area contributed by atoms with Gasteiger partial charge in [-0.05, 0) is 47.5 Å². The minimum absolute atomic E-state index is 0.0603. The molecule has 3 aliphatic rings. The van der Waals surface area contributed by atoms with Crippen LogP contribution in [0.3, 0.4) is 0 Å². The van der Waals surface area contributed by atoms with Gasteiger partial charge in [-0.15, -0.1) is 0 Å². The molecule has 5 amide bonds. The molecule has 3 aliphatic heterocycles. The molecule has 5 heterocycles. The highest BCUT2D eigenvalue weighted by Crippen LogP contribution is 2.32. The highest BCUT2D eigenvalue weighted by molar-refractivity contribution is 6.13. The number of piperazine rings is 2. The van der Waals surface area contributed by atoms with Gasteiger partial charge in [-0.25, -0.2) is 19.8 Å². The van der Waals surface area contributed by atoms with E-state index in [1.807, 2.05) is 79.2 Å². The topological polar surface area (TPSA) is 150 Å². The number of aromatic hydroxyl groups is 1. The zero-order valence-electron chi connectivity index (χ0n) is 34.3. The molecule has 5 aromatic rings. The highest BCUT2D eigenvalue weighted by Gasteiger charge is 2.51. The summed E-state index contributed by atoms with van der Waals surface area (Å²) in [5.74, 6) is 0.201. The number of pyridine rings is 1. The van der Waals surface area contributed by atoms with E-state index < -0.39 is 12.2 Å². The highest BCUT2D eigenvalue weighted by atomic mass is 16.3. The second-order valence-electron chi connectivity index (χ2n) is 15.6. The number of carbonyl (C=O) groups is 4. The number of fused-ring (bicyclic) bond motifs is 2. The standard InChI is InChI=1S/C45H52N10O5/c1-4-50-20-22-51(23-21-50)39-19-16-34(26-46-39)48-43(58)37-28-49(3)42-33(12-9-13-36(37)42)27-52-29-40-54(38(44(52)59)24-31-14-17-35(56)18-15-31)41(57)30-53(5-2)55(40)45(60)47-25-32-10-7-6-8-11-32/h6-19,26,28,38,40,56H,4-5,20-25,27,29-30H2,1-3H3,(H,47,60)(H,48,58)/t38-,40?/m0/s1. The maximum atomic E-state index is 14.7. The predicted octanol–water partition coefficient (Wildman–Crippen LogP) is 4.24. The van der Waals surface area contributed by atoms with Crippen molar-refractivity contribution in [2.75, 3.05) is 62.6 Å². The number of anilines is 2. The molecule has 15 heteroatoms. The molecule has 0 spiro atoms. The first-order valence-electron chi connectivity index (χ1n) is 20.7. The summed E-state index contributed by atoms with van der Waals surface area (Å²) in [4.78, 5) is 69.3. The van der Waals surface area contributed by atoms with Crippen molar-refractivity contribution >= 4 is 46.2 Å². The molecule has 3 fully saturated rings. The fourth-order valence-electron chi connectivity index (χ4n) is 8.72. The molecule has 2 atom stereocenters. The Morgan fingerprint density at radius 1 is 0.867 bits per heavy atom. The van der Waals surface area contributed by atoms with E-state index in [1.54, 1.807) is 56.5 Å². The van der Waals surface area contributed by atoms with Gasteiger partial charge in [-0.1, -0.05) is 74.5 Å². The third-order valence-electron chi connectivity index (χ3n) is 11.9. The van der Waals surface area contributed by atoms with Crippen LogP contribution in [0.4, 0.5) is 16.3 Å². The SMILES string of the molecule is CCN1CCN(c2ccc(NC(=O)c3cn(C)c4c(CN5CC6N(C(=O)CN(CC)N6C(=O)NCc6ccccc6)[C@@H](Cc6ccc(O)cc6)C5=O)cccc34)cn2)CC1. The van der Waals surface area contributed by atoms with Crippen molar-refractivity contribution in [1.29, 1.82) is 0 Å². The first-order chi connectivity index (χ1) is 29.1. The van der Waals surface area contributed by atoms with Crippen LogP contribution in [0, 0.1) is 0 Å². The zero-order chi connectivity index (χ0) is 41.9. The van der Waals surface area contributed by atoms with Crippen LogP contribution >= 0.6 is 0 Å². The van der Waals surface area contributed by atoms with Crippen molar-refractivity contribution in [3.63, 3.8) is 0 Å². The molecule has 0 bridgehead atoms. The number of hydrogen-bond acceptors (Lipinski definition) is 9. The lowest BCUT2D eigenvalue weighted by atomic mass is 9.98. The van der Waals surface area contributed by atoms with Gasteiger partial charge >= 0.3 is 6.03 Å². The van der Waals surface area contributed by atoms with Gasteiger partial charge in [0.15, 0.2) is 0 Å². The Balaban J connectivity index is 1.06. The predicted molar refractivity (Wildman–Crippen MR) is 229 cm³/mol. The number of benzene rings is 3. The van der Waals surface area contributed by atoms with Crippen molar-refractivity contribution in [3.8, 4) is 5.75 Å². The summed E-state index contributed by atoms with van der Waals surface area (Å²) in [6.45, 7) is 9.77. The van der Waals surface area contributed by atoms with Crippen LogP contribution in [0.1, 0.15) is 40.9 Å². The van der Waals surface area contributed by atoms with Gasteiger partial charge in [-0.2, -0.15) is 0 Å². The Labute approximate surface area is 349 Å². The van der Waals surface area contributed by atoms with Gasteiger partial charge in [0.2, 0.25) is 11.8 Å². The monoisotopic (exact) mass is 812 g/mol. The van der Waals surface area contributed by atoms with Gasteiger partial charge in [0, 0.05) is 70.9 Å². The largest absolute Gasteiger partial charge is 0.508 e. The number of phenols is 1. The molecule has 15 nitrogen and oxygen atoms in total. The van der Waals surface area contributed by atoms with Gasteiger partial charge in [0.1, 0.15) is 23.8 Å². The van der Waals surface area contributed by atoms with Crippen LogP contribution in [0.5, 0.6) is 5.75 Å². The van der Waals surface area contributed by atoms with Gasteiger partial charge in [-0.3, -0.25) is 14.4 Å². The number of urea groups is 1. The minimum Gasteiger partial charge on any atom is -0.508 e. The number of nitrogens with one attached hydrogen (secondary N) is 2. The van der Waals surface area contributed by atoms with E-state index in [4.69, 9.17) is 0 Å². The molecule has 0 saturated carbocycles. The fraction of sp³-hybridized carbons (Fsp3) is 0.356. The van der Waals surface area contributed by atoms with Crippen molar-refractivity contribution < 1.29 is 24.3 Å². The number of hydrogen-bond donors (Lipinski definition) is 3. The summed E-state index contributed by atoms with van der Waals surface area (Å²) in [6, 6.07) is 24.4. The van der Waals surface area contributed by atoms with Crippen LogP contribution < -0.4 is 15.5 Å². The molecule has 3 aromatic carbocycles. The summed E-state index contributed by atoms with van der Waals surface area (Å²) < 4.78 is 1.90. The molecular formula is C45H52N10O5. The van der Waals surface area contributed by atoms with Gasteiger partial charge in [0.25, 0.3) is 5.91 Å². The summed E-state index contributed by atoms with van der Waals surface area (Å²) >= 11 is 0. The Bertz CT molecular complexity index is 2340. The van der Waals surface area contributed by atoms with Crippen molar-refractivity contribution in [2.24, 2.45) is 7.05 Å². The van der Waals surface area contributed by atoms with Crippen LogP contribution in [0.25, 0.3) is 10.9 Å². The third-order valence-corrected chi connectivity index (χ3v) is 11.9. The van der Waals surface area contributed by atoms with Gasteiger partial charge in [0.05, 0.1) is 36.1 Å². The molecule has 1 unspecified atom stereocenters. The van der Waals surface area contributed by atoms with E-state index in [-0.39, 0.29) is 62.1 Å². The molecule has 312 valence electrons. The van der Waals surface area contributed by atoms with E-state index in [2.05, 4.69) is 32.3 Å². The van der Waals surface area contributed by atoms with E-state index in [0.717, 1.165) is 66.1 Å². The number of aromatic nitrogens is 2. The quantitative estimate of drug-likeness (QED) is 0.178. The number of aryl methyl sites for hydroxylation is 1.